The minimum absolute atomic E-state index is 0.221. The first-order chi connectivity index (χ1) is 8.15. The Morgan fingerprint density at radius 1 is 1.29 bits per heavy atom. The van der Waals surface area contributed by atoms with Crippen molar-refractivity contribution >= 4 is 33.3 Å². The average Bonchev–Trinajstić information content (AvgIpc) is 2.29. The number of anilines is 2. The third kappa shape index (κ3) is 3.01. The number of carbonyl (C=O) groups excluding carboxylic acids is 1. The molecular formula is C11H9BrN4O. The number of nitrogen functional groups attached to an aromatic ring is 1. The molecular weight excluding hydrogens is 284 g/mol. The van der Waals surface area contributed by atoms with Crippen LogP contribution in [0.5, 0.6) is 0 Å². The quantitative estimate of drug-likeness (QED) is 0.888. The molecule has 0 spiro atoms. The molecule has 6 heteroatoms. The van der Waals surface area contributed by atoms with Gasteiger partial charge in [0.05, 0.1) is 12.4 Å². The molecule has 2 aromatic rings. The van der Waals surface area contributed by atoms with Crippen molar-refractivity contribution in [3.8, 4) is 0 Å². The van der Waals surface area contributed by atoms with Gasteiger partial charge < -0.3 is 11.1 Å². The van der Waals surface area contributed by atoms with Gasteiger partial charge >= 0.3 is 0 Å². The summed E-state index contributed by atoms with van der Waals surface area (Å²) in [5.41, 5.74) is 6.29. The summed E-state index contributed by atoms with van der Waals surface area (Å²) in [6, 6.07) is 7.28. The monoisotopic (exact) mass is 292 g/mol. The van der Waals surface area contributed by atoms with E-state index in [1.165, 1.54) is 12.4 Å². The molecule has 3 N–H and O–H groups in total. The number of nitrogens with zero attached hydrogens (tertiary/aromatic N) is 2. The summed E-state index contributed by atoms with van der Waals surface area (Å²) in [5.74, 6) is -0.0420. The maximum atomic E-state index is 11.8. The predicted molar refractivity (Wildman–Crippen MR) is 68.5 cm³/mol. The van der Waals surface area contributed by atoms with Crippen LogP contribution < -0.4 is 11.1 Å². The number of nitrogens with one attached hydrogen (secondary N) is 1. The zero-order valence-electron chi connectivity index (χ0n) is 8.72. The standard InChI is InChI=1S/C11H9BrN4O/c12-7-2-1-3-8(4-7)16-11(17)9-5-15-10(13)6-14-9/h1-6H,(H2,13,15)(H,16,17). The highest BCUT2D eigenvalue weighted by Crippen LogP contribution is 2.16. The van der Waals surface area contributed by atoms with E-state index < -0.39 is 0 Å². The maximum absolute atomic E-state index is 11.8. The number of amides is 1. The Morgan fingerprint density at radius 3 is 2.76 bits per heavy atom. The Bertz CT molecular complexity index is 541. The van der Waals surface area contributed by atoms with Gasteiger partial charge in [-0.3, -0.25) is 4.79 Å². The molecule has 5 nitrogen and oxygen atoms in total. The molecule has 2 rings (SSSR count). The van der Waals surface area contributed by atoms with Crippen LogP contribution in [-0.2, 0) is 0 Å². The Morgan fingerprint density at radius 2 is 2.12 bits per heavy atom. The lowest BCUT2D eigenvalue weighted by Gasteiger charge is -2.04. The van der Waals surface area contributed by atoms with Gasteiger partial charge in [-0.1, -0.05) is 22.0 Å². The number of carbonyl (C=O) groups is 1. The Balaban J connectivity index is 2.14. The zero-order valence-corrected chi connectivity index (χ0v) is 10.3. The number of rotatable bonds is 2. The molecule has 0 saturated carbocycles. The minimum atomic E-state index is -0.324. The van der Waals surface area contributed by atoms with E-state index in [-0.39, 0.29) is 17.4 Å². The molecule has 0 bridgehead atoms. The summed E-state index contributed by atoms with van der Waals surface area (Å²) < 4.78 is 0.888. The van der Waals surface area contributed by atoms with Gasteiger partial charge in [-0.25, -0.2) is 9.97 Å². The van der Waals surface area contributed by atoms with Gasteiger partial charge in [0.15, 0.2) is 0 Å². The van der Waals surface area contributed by atoms with E-state index in [1.807, 2.05) is 12.1 Å². The molecule has 1 amide bonds. The number of hydrogen-bond acceptors (Lipinski definition) is 4. The number of benzene rings is 1. The predicted octanol–water partition coefficient (Wildman–Crippen LogP) is 2.07. The smallest absolute Gasteiger partial charge is 0.275 e. The molecule has 0 fully saturated rings. The lowest BCUT2D eigenvalue weighted by molar-refractivity contribution is 0.102. The van der Waals surface area contributed by atoms with Crippen LogP contribution in [-0.4, -0.2) is 15.9 Å². The molecule has 0 aliphatic carbocycles. The van der Waals surface area contributed by atoms with Gasteiger partial charge in [0.25, 0.3) is 5.91 Å². The molecule has 0 radical (unpaired) electrons. The van der Waals surface area contributed by atoms with E-state index in [2.05, 4.69) is 31.2 Å². The van der Waals surface area contributed by atoms with Crippen molar-refractivity contribution < 1.29 is 4.79 Å². The number of nitrogens with two attached hydrogens (primary N) is 1. The molecule has 0 aliphatic rings. The van der Waals surface area contributed by atoms with Crippen LogP contribution in [0.3, 0.4) is 0 Å². The molecule has 1 heterocycles. The van der Waals surface area contributed by atoms with Crippen LogP contribution in [0.25, 0.3) is 0 Å². The summed E-state index contributed by atoms with van der Waals surface area (Å²) in [5, 5.41) is 2.71. The average molecular weight is 293 g/mol. The molecule has 86 valence electrons. The number of halogens is 1. The second kappa shape index (κ2) is 4.92. The highest BCUT2D eigenvalue weighted by Gasteiger charge is 2.07. The van der Waals surface area contributed by atoms with Crippen LogP contribution >= 0.6 is 15.9 Å². The van der Waals surface area contributed by atoms with Crippen molar-refractivity contribution in [3.63, 3.8) is 0 Å². The van der Waals surface area contributed by atoms with Crippen LogP contribution in [0.15, 0.2) is 41.1 Å². The minimum Gasteiger partial charge on any atom is -0.382 e. The SMILES string of the molecule is Nc1cnc(C(=O)Nc2cccc(Br)c2)cn1. The fraction of sp³-hybridized carbons (Fsp3) is 0. The van der Waals surface area contributed by atoms with Crippen molar-refractivity contribution in [1.82, 2.24) is 9.97 Å². The van der Waals surface area contributed by atoms with E-state index >= 15 is 0 Å². The van der Waals surface area contributed by atoms with Gasteiger partial charge in [0.2, 0.25) is 0 Å². The van der Waals surface area contributed by atoms with Gasteiger partial charge in [-0.2, -0.15) is 0 Å². The summed E-state index contributed by atoms with van der Waals surface area (Å²) in [7, 11) is 0. The summed E-state index contributed by atoms with van der Waals surface area (Å²) in [6.45, 7) is 0. The van der Waals surface area contributed by atoms with Crippen LogP contribution in [0.1, 0.15) is 10.5 Å². The van der Waals surface area contributed by atoms with E-state index in [0.29, 0.717) is 5.69 Å². The largest absolute Gasteiger partial charge is 0.382 e. The fourth-order valence-corrected chi connectivity index (χ4v) is 1.62. The molecule has 0 aliphatic heterocycles. The lowest BCUT2D eigenvalue weighted by atomic mass is 10.3. The summed E-state index contributed by atoms with van der Waals surface area (Å²) >= 11 is 3.32. The van der Waals surface area contributed by atoms with E-state index in [9.17, 15) is 4.79 Å². The summed E-state index contributed by atoms with van der Waals surface area (Å²) in [6.07, 6.45) is 2.68. The highest BCUT2D eigenvalue weighted by molar-refractivity contribution is 9.10. The molecule has 0 atom stereocenters. The molecule has 0 unspecified atom stereocenters. The Labute approximate surface area is 106 Å². The number of aromatic nitrogens is 2. The Kier molecular flexibility index (Phi) is 3.34. The van der Waals surface area contributed by atoms with Gasteiger partial charge in [-0.15, -0.1) is 0 Å². The topological polar surface area (TPSA) is 80.9 Å². The molecule has 17 heavy (non-hydrogen) atoms. The van der Waals surface area contributed by atoms with E-state index in [4.69, 9.17) is 5.73 Å². The van der Waals surface area contributed by atoms with Crippen LogP contribution in [0, 0.1) is 0 Å². The maximum Gasteiger partial charge on any atom is 0.275 e. The third-order valence-electron chi connectivity index (χ3n) is 1.99. The van der Waals surface area contributed by atoms with Crippen molar-refractivity contribution in [1.29, 1.82) is 0 Å². The molecule has 0 saturated heterocycles. The van der Waals surface area contributed by atoms with E-state index in [0.717, 1.165) is 4.47 Å². The van der Waals surface area contributed by atoms with Crippen molar-refractivity contribution in [2.75, 3.05) is 11.1 Å². The molecule has 1 aromatic carbocycles. The Hall–Kier alpha value is -1.95. The molecule has 1 aromatic heterocycles. The van der Waals surface area contributed by atoms with Crippen LogP contribution in [0.2, 0.25) is 0 Å². The highest BCUT2D eigenvalue weighted by atomic mass is 79.9. The second-order valence-corrected chi connectivity index (χ2v) is 4.21. The normalized spacial score (nSPS) is 9.94. The number of hydrogen-bond donors (Lipinski definition) is 2. The van der Waals surface area contributed by atoms with Crippen molar-refractivity contribution in [3.05, 3.63) is 46.8 Å². The van der Waals surface area contributed by atoms with Gasteiger partial charge in [0, 0.05) is 10.2 Å². The summed E-state index contributed by atoms with van der Waals surface area (Å²) in [4.78, 5) is 19.5. The first-order valence-corrected chi connectivity index (χ1v) is 5.59. The third-order valence-corrected chi connectivity index (χ3v) is 2.48. The second-order valence-electron chi connectivity index (χ2n) is 3.29. The van der Waals surface area contributed by atoms with Gasteiger partial charge in [-0.05, 0) is 18.2 Å². The first-order valence-electron chi connectivity index (χ1n) is 4.79. The van der Waals surface area contributed by atoms with Crippen molar-refractivity contribution in [2.45, 2.75) is 0 Å². The lowest BCUT2D eigenvalue weighted by Crippen LogP contribution is -2.14. The van der Waals surface area contributed by atoms with Crippen molar-refractivity contribution in [2.24, 2.45) is 0 Å². The fourth-order valence-electron chi connectivity index (χ4n) is 1.22. The first kappa shape index (κ1) is 11.5. The van der Waals surface area contributed by atoms with E-state index in [1.54, 1.807) is 12.1 Å². The van der Waals surface area contributed by atoms with Crippen LogP contribution in [0.4, 0.5) is 11.5 Å². The van der Waals surface area contributed by atoms with Gasteiger partial charge in [0.1, 0.15) is 11.5 Å². The zero-order chi connectivity index (χ0) is 12.3.